The Morgan fingerprint density at radius 3 is 1.10 bits per heavy atom. The average Bonchev–Trinajstić information content (AvgIpc) is 2.74. The summed E-state index contributed by atoms with van der Waals surface area (Å²) in [7, 11) is -6.00. The number of hydrogen-bond acceptors (Lipinski definition) is 2. The van der Waals surface area contributed by atoms with Gasteiger partial charge >= 0.3 is 29.6 Å². The van der Waals surface area contributed by atoms with Crippen LogP contribution in [0.3, 0.4) is 0 Å². The molecule has 0 spiro atoms. The molecule has 118 valence electrons. The van der Waals surface area contributed by atoms with E-state index >= 15 is 0 Å². The molecule has 0 aliphatic rings. The molecule has 0 aliphatic carbocycles. The van der Waals surface area contributed by atoms with Crippen molar-refractivity contribution in [1.82, 2.24) is 20.4 Å². The Balaban J connectivity index is 0. The van der Waals surface area contributed by atoms with E-state index in [9.17, 15) is 17.3 Å². The number of hydrogen-bond donors (Lipinski definition) is 2. The maximum Gasteiger partial charge on any atom is 1.00 e. The molecular weight excluding hydrogens is 371 g/mol. The second-order valence-electron chi connectivity index (χ2n) is 3.88. The maximum atomic E-state index is 9.75. The Morgan fingerprint density at radius 1 is 0.800 bits per heavy atom. The van der Waals surface area contributed by atoms with Crippen LogP contribution in [0.5, 0.6) is 0 Å². The third kappa shape index (κ3) is 15.0. The van der Waals surface area contributed by atoms with Crippen molar-refractivity contribution in [1.29, 1.82) is 0 Å². The molecular formula is C10H16AgBF4N4. The summed E-state index contributed by atoms with van der Waals surface area (Å²) in [6.45, 7) is 7.90. The topological polar surface area (TPSA) is 57.4 Å². The van der Waals surface area contributed by atoms with Gasteiger partial charge in [-0.2, -0.15) is 10.2 Å². The number of aromatic nitrogens is 4. The van der Waals surface area contributed by atoms with Crippen LogP contribution in [0.1, 0.15) is 22.8 Å². The zero-order chi connectivity index (χ0) is 15.1. The Hall–Kier alpha value is -1.05. The number of aryl methyl sites for hydroxylation is 4. The third-order valence-corrected chi connectivity index (χ3v) is 1.67. The van der Waals surface area contributed by atoms with Gasteiger partial charge in [-0.1, -0.05) is 0 Å². The standard InChI is InChI=1S/2C5H8N2.Ag.BF4/c2*1-4-3-5(2)7-6-4;;2-1(3,4)5/h2*3H,1-2H3,(H,6,7);;/q;;+1;-1. The van der Waals surface area contributed by atoms with Crippen molar-refractivity contribution in [2.24, 2.45) is 0 Å². The molecule has 2 rings (SSSR count). The first-order valence-corrected chi connectivity index (χ1v) is 5.42. The molecule has 0 amide bonds. The molecule has 2 aromatic heterocycles. The van der Waals surface area contributed by atoms with Crippen LogP contribution in [0.25, 0.3) is 0 Å². The van der Waals surface area contributed by atoms with Gasteiger partial charge in [0.1, 0.15) is 0 Å². The molecule has 0 saturated carbocycles. The van der Waals surface area contributed by atoms with Crippen molar-refractivity contribution in [3.8, 4) is 0 Å². The summed E-state index contributed by atoms with van der Waals surface area (Å²) in [5.41, 5.74) is 4.35. The first-order chi connectivity index (χ1) is 8.58. The van der Waals surface area contributed by atoms with E-state index in [-0.39, 0.29) is 22.4 Å². The van der Waals surface area contributed by atoms with E-state index in [1.54, 1.807) is 0 Å². The summed E-state index contributed by atoms with van der Waals surface area (Å²) in [5.74, 6) is 0. The molecule has 2 N–H and O–H groups in total. The van der Waals surface area contributed by atoms with Crippen molar-refractivity contribution >= 4 is 7.25 Å². The predicted octanol–water partition coefficient (Wildman–Crippen LogP) is 3.35. The van der Waals surface area contributed by atoms with E-state index in [4.69, 9.17) is 0 Å². The molecule has 0 atom stereocenters. The van der Waals surface area contributed by atoms with Gasteiger partial charge in [0, 0.05) is 11.4 Å². The molecule has 0 aliphatic heterocycles. The van der Waals surface area contributed by atoms with Gasteiger partial charge in [0.2, 0.25) is 0 Å². The summed E-state index contributed by atoms with van der Waals surface area (Å²) in [5, 5.41) is 13.4. The van der Waals surface area contributed by atoms with Crippen LogP contribution in [0.2, 0.25) is 0 Å². The Bertz CT molecular complexity index is 406. The molecule has 0 unspecified atom stereocenters. The van der Waals surface area contributed by atoms with Gasteiger partial charge in [-0.15, -0.1) is 0 Å². The van der Waals surface area contributed by atoms with Crippen molar-refractivity contribution in [2.75, 3.05) is 0 Å². The van der Waals surface area contributed by atoms with Gasteiger partial charge in [0.25, 0.3) is 0 Å². The van der Waals surface area contributed by atoms with E-state index < -0.39 is 7.25 Å². The van der Waals surface area contributed by atoms with Gasteiger partial charge in [-0.3, -0.25) is 10.2 Å². The van der Waals surface area contributed by atoms with E-state index in [1.807, 2.05) is 39.8 Å². The van der Waals surface area contributed by atoms with Crippen LogP contribution in [0, 0.1) is 27.7 Å². The second-order valence-corrected chi connectivity index (χ2v) is 3.88. The third-order valence-electron chi connectivity index (χ3n) is 1.67. The smallest absolute Gasteiger partial charge is 0.418 e. The number of nitrogens with one attached hydrogen (secondary N) is 2. The molecule has 0 aromatic carbocycles. The SMILES string of the molecule is Cc1cc(C)[nH]n1.Cc1cc(C)[nH]n1.F[B-](F)(F)F.[Ag+]. The summed E-state index contributed by atoms with van der Waals surface area (Å²) in [4.78, 5) is 0. The average molecular weight is 387 g/mol. The van der Waals surface area contributed by atoms with Crippen LogP contribution in [0.4, 0.5) is 17.3 Å². The second kappa shape index (κ2) is 9.79. The van der Waals surface area contributed by atoms with Crippen molar-refractivity contribution in [2.45, 2.75) is 27.7 Å². The van der Waals surface area contributed by atoms with Crippen molar-refractivity contribution < 1.29 is 39.6 Å². The molecule has 0 fully saturated rings. The number of aromatic amines is 2. The van der Waals surface area contributed by atoms with Gasteiger partial charge in [-0.05, 0) is 39.8 Å². The Kier molecular flexibility index (Phi) is 10.4. The fraction of sp³-hybridized carbons (Fsp3) is 0.400. The summed E-state index contributed by atoms with van der Waals surface area (Å²) in [6.07, 6.45) is 0. The van der Waals surface area contributed by atoms with Gasteiger partial charge in [-0.25, -0.2) is 0 Å². The largest absolute Gasteiger partial charge is 1.00 e. The van der Waals surface area contributed by atoms with Gasteiger partial charge in [0.15, 0.2) is 0 Å². The molecule has 0 saturated heterocycles. The quantitative estimate of drug-likeness (QED) is 0.539. The normalized spacial score (nSPS) is 9.60. The van der Waals surface area contributed by atoms with E-state index in [2.05, 4.69) is 20.4 Å². The monoisotopic (exact) mass is 386 g/mol. The van der Waals surface area contributed by atoms with Gasteiger partial charge < -0.3 is 17.3 Å². The fourth-order valence-electron chi connectivity index (χ4n) is 1.11. The van der Waals surface area contributed by atoms with E-state index in [1.165, 1.54) is 0 Å². The Morgan fingerprint density at radius 2 is 1.05 bits per heavy atom. The minimum absolute atomic E-state index is 0. The molecule has 20 heavy (non-hydrogen) atoms. The minimum Gasteiger partial charge on any atom is -0.418 e. The summed E-state index contributed by atoms with van der Waals surface area (Å²) in [6, 6.07) is 4.00. The van der Waals surface area contributed by atoms with Crippen LogP contribution in [-0.4, -0.2) is 27.6 Å². The minimum atomic E-state index is -6.00. The van der Waals surface area contributed by atoms with Crippen molar-refractivity contribution in [3.05, 3.63) is 34.9 Å². The first kappa shape index (κ1) is 21.2. The number of nitrogens with zero attached hydrogens (tertiary/aromatic N) is 2. The van der Waals surface area contributed by atoms with E-state index in [0.29, 0.717) is 0 Å². The maximum absolute atomic E-state index is 9.75. The summed E-state index contributed by atoms with van der Waals surface area (Å²) >= 11 is 0. The molecule has 0 bridgehead atoms. The predicted molar refractivity (Wildman–Crippen MR) is 66.3 cm³/mol. The zero-order valence-electron chi connectivity index (χ0n) is 11.4. The van der Waals surface area contributed by atoms with Crippen molar-refractivity contribution in [3.63, 3.8) is 0 Å². The Labute approximate surface area is 130 Å². The number of rotatable bonds is 0. The van der Waals surface area contributed by atoms with Crippen LogP contribution >= 0.6 is 0 Å². The molecule has 4 nitrogen and oxygen atoms in total. The number of halogens is 4. The zero-order valence-corrected chi connectivity index (χ0v) is 12.9. The molecule has 2 aromatic rings. The van der Waals surface area contributed by atoms with Crippen LogP contribution < -0.4 is 0 Å². The van der Waals surface area contributed by atoms with Gasteiger partial charge in [0.05, 0.1) is 11.4 Å². The molecule has 10 heteroatoms. The molecule has 2 heterocycles. The summed E-state index contributed by atoms with van der Waals surface area (Å²) < 4.78 is 39.0. The first-order valence-electron chi connectivity index (χ1n) is 5.42. The fourth-order valence-corrected chi connectivity index (χ4v) is 1.11. The van der Waals surface area contributed by atoms with Crippen LogP contribution in [0.15, 0.2) is 12.1 Å². The van der Waals surface area contributed by atoms with E-state index in [0.717, 1.165) is 22.8 Å². The molecule has 0 radical (unpaired) electrons. The van der Waals surface area contributed by atoms with Crippen LogP contribution in [-0.2, 0) is 22.4 Å². The number of H-pyrrole nitrogens is 2.